The lowest BCUT2D eigenvalue weighted by atomic mass is 10.1. The first-order valence-electron chi connectivity index (χ1n) is 5.82. The Balaban J connectivity index is 1.80. The zero-order valence-corrected chi connectivity index (χ0v) is 10.8. The van der Waals surface area contributed by atoms with Gasteiger partial charge >= 0.3 is 0 Å². The Labute approximate surface area is 104 Å². The average molecular weight is 250 g/mol. The van der Waals surface area contributed by atoms with Crippen LogP contribution in [0.2, 0.25) is 0 Å². The lowest BCUT2D eigenvalue weighted by Gasteiger charge is -2.04. The molecule has 2 aromatic rings. The smallest absolute Gasteiger partial charge is 0.0454 e. The summed E-state index contributed by atoms with van der Waals surface area (Å²) in [6.07, 6.45) is 4.67. The van der Waals surface area contributed by atoms with E-state index in [2.05, 4.69) is 34.6 Å². The minimum Gasteiger partial charge on any atom is -0.361 e. The molecule has 0 amide bonds. The van der Waals surface area contributed by atoms with Crippen LogP contribution in [0.5, 0.6) is 0 Å². The second-order valence-corrected chi connectivity index (χ2v) is 5.76. The molecule has 0 aliphatic rings. The Morgan fingerprint density at radius 2 is 2.24 bits per heavy atom. The molecule has 0 bridgehead atoms. The molecule has 0 fully saturated rings. The predicted octanol–water partition coefficient (Wildman–Crippen LogP) is 2.03. The fourth-order valence-corrected chi connectivity index (χ4v) is 2.40. The number of aromatic amines is 1. The van der Waals surface area contributed by atoms with Gasteiger partial charge in [0.1, 0.15) is 0 Å². The third-order valence-electron chi connectivity index (χ3n) is 2.73. The van der Waals surface area contributed by atoms with Crippen LogP contribution in [0.1, 0.15) is 12.0 Å². The molecule has 1 aromatic heterocycles. The van der Waals surface area contributed by atoms with Crippen molar-refractivity contribution in [3.63, 3.8) is 0 Å². The Morgan fingerprint density at radius 1 is 1.35 bits per heavy atom. The zero-order valence-electron chi connectivity index (χ0n) is 10.0. The largest absolute Gasteiger partial charge is 0.361 e. The van der Waals surface area contributed by atoms with Gasteiger partial charge in [-0.3, -0.25) is 4.21 Å². The Kier molecular flexibility index (Phi) is 4.34. The molecule has 1 aromatic carbocycles. The van der Waals surface area contributed by atoms with E-state index < -0.39 is 10.8 Å². The van der Waals surface area contributed by atoms with Crippen LogP contribution in [0.25, 0.3) is 10.9 Å². The van der Waals surface area contributed by atoms with Crippen LogP contribution in [-0.2, 0) is 17.3 Å². The number of hydrogen-bond donors (Lipinski definition) is 2. The topological polar surface area (TPSA) is 44.9 Å². The fraction of sp³-hybridized carbons (Fsp3) is 0.385. The first kappa shape index (κ1) is 12.3. The summed E-state index contributed by atoms with van der Waals surface area (Å²) in [5, 5.41) is 4.62. The zero-order chi connectivity index (χ0) is 12.1. The first-order valence-corrected chi connectivity index (χ1v) is 7.55. The number of hydrogen-bond acceptors (Lipinski definition) is 2. The summed E-state index contributed by atoms with van der Waals surface area (Å²) in [5.74, 6) is 0.782. The minimum absolute atomic E-state index is 0.671. The van der Waals surface area contributed by atoms with E-state index in [-0.39, 0.29) is 0 Å². The molecule has 17 heavy (non-hydrogen) atoms. The highest BCUT2D eigenvalue weighted by Gasteiger charge is 1.97. The summed E-state index contributed by atoms with van der Waals surface area (Å²) >= 11 is 0. The summed E-state index contributed by atoms with van der Waals surface area (Å²) in [7, 11) is -0.671. The molecule has 0 spiro atoms. The predicted molar refractivity (Wildman–Crippen MR) is 73.6 cm³/mol. The third kappa shape index (κ3) is 3.68. The molecular weight excluding hydrogens is 232 g/mol. The first-order chi connectivity index (χ1) is 8.25. The highest BCUT2D eigenvalue weighted by atomic mass is 32.2. The van der Waals surface area contributed by atoms with Gasteiger partial charge in [0, 0.05) is 41.1 Å². The lowest BCUT2D eigenvalue weighted by Crippen LogP contribution is -2.16. The van der Waals surface area contributed by atoms with Crippen LogP contribution >= 0.6 is 0 Å². The fourth-order valence-electron chi connectivity index (χ4n) is 1.85. The summed E-state index contributed by atoms with van der Waals surface area (Å²) in [5.41, 5.74) is 2.46. The monoisotopic (exact) mass is 250 g/mol. The second kappa shape index (κ2) is 5.98. The van der Waals surface area contributed by atoms with E-state index in [0.717, 1.165) is 25.3 Å². The van der Waals surface area contributed by atoms with Crippen LogP contribution in [-0.4, -0.2) is 27.7 Å². The number of aromatic nitrogens is 1. The molecule has 0 saturated carbocycles. The Hall–Kier alpha value is -1.13. The van der Waals surface area contributed by atoms with Crippen molar-refractivity contribution in [1.82, 2.24) is 10.3 Å². The van der Waals surface area contributed by atoms with Gasteiger partial charge in [-0.1, -0.05) is 6.07 Å². The van der Waals surface area contributed by atoms with Gasteiger partial charge in [0.05, 0.1) is 0 Å². The highest BCUT2D eigenvalue weighted by Crippen LogP contribution is 2.13. The van der Waals surface area contributed by atoms with Crippen molar-refractivity contribution in [2.45, 2.75) is 13.0 Å². The van der Waals surface area contributed by atoms with Crippen LogP contribution in [0.4, 0.5) is 0 Å². The van der Waals surface area contributed by atoms with Gasteiger partial charge in [-0.15, -0.1) is 0 Å². The maximum Gasteiger partial charge on any atom is 0.0454 e. The van der Waals surface area contributed by atoms with Gasteiger partial charge in [0.2, 0.25) is 0 Å². The van der Waals surface area contributed by atoms with Crippen molar-refractivity contribution >= 4 is 21.7 Å². The van der Waals surface area contributed by atoms with Crippen molar-refractivity contribution in [2.75, 3.05) is 18.6 Å². The van der Waals surface area contributed by atoms with Crippen molar-refractivity contribution in [3.8, 4) is 0 Å². The van der Waals surface area contributed by atoms with E-state index in [1.54, 1.807) is 6.26 Å². The van der Waals surface area contributed by atoms with E-state index in [0.29, 0.717) is 0 Å². The molecule has 0 aliphatic carbocycles. The maximum atomic E-state index is 10.9. The Bertz CT molecular complexity index is 507. The summed E-state index contributed by atoms with van der Waals surface area (Å²) in [6, 6.07) is 8.51. The number of rotatable bonds is 6. The van der Waals surface area contributed by atoms with Crippen LogP contribution in [0.3, 0.4) is 0 Å². The Morgan fingerprint density at radius 3 is 3.06 bits per heavy atom. The van der Waals surface area contributed by atoms with Crippen LogP contribution < -0.4 is 5.32 Å². The molecule has 2 N–H and O–H groups in total. The van der Waals surface area contributed by atoms with E-state index >= 15 is 0 Å². The molecule has 3 nitrogen and oxygen atoms in total. The standard InChI is InChI=1S/C13H18N2OS/c1-17(16)8-2-6-14-10-11-3-4-13-12(9-11)5-7-15-13/h3-5,7,9,14-15H,2,6,8,10H2,1H3. The average Bonchev–Trinajstić information content (AvgIpc) is 2.75. The normalized spacial score (nSPS) is 13.0. The second-order valence-electron chi connectivity index (χ2n) is 4.21. The lowest BCUT2D eigenvalue weighted by molar-refractivity contribution is 0.662. The van der Waals surface area contributed by atoms with Crippen molar-refractivity contribution < 1.29 is 4.21 Å². The molecule has 0 radical (unpaired) electrons. The number of fused-ring (bicyclic) bond motifs is 1. The molecule has 1 unspecified atom stereocenters. The quantitative estimate of drug-likeness (QED) is 0.770. The van der Waals surface area contributed by atoms with Crippen LogP contribution in [0.15, 0.2) is 30.5 Å². The summed E-state index contributed by atoms with van der Waals surface area (Å²) < 4.78 is 10.9. The van der Waals surface area contributed by atoms with Gasteiger partial charge in [-0.05, 0) is 42.1 Å². The summed E-state index contributed by atoms with van der Waals surface area (Å²) in [6.45, 7) is 1.79. The van der Waals surface area contributed by atoms with E-state index in [1.165, 1.54) is 16.5 Å². The molecule has 1 heterocycles. The third-order valence-corrected chi connectivity index (χ3v) is 3.60. The van der Waals surface area contributed by atoms with E-state index in [1.807, 2.05) is 6.20 Å². The van der Waals surface area contributed by atoms with Crippen LogP contribution in [0, 0.1) is 0 Å². The minimum atomic E-state index is -0.671. The molecule has 0 saturated heterocycles. The van der Waals surface area contributed by atoms with Crippen molar-refractivity contribution in [3.05, 3.63) is 36.0 Å². The van der Waals surface area contributed by atoms with E-state index in [4.69, 9.17) is 0 Å². The summed E-state index contributed by atoms with van der Waals surface area (Å²) in [4.78, 5) is 3.18. The SMILES string of the molecule is CS(=O)CCCNCc1ccc2[nH]ccc2c1. The van der Waals surface area contributed by atoms with Crippen molar-refractivity contribution in [2.24, 2.45) is 0 Å². The van der Waals surface area contributed by atoms with Gasteiger partial charge in [-0.25, -0.2) is 0 Å². The molecular formula is C13H18N2OS. The molecule has 0 aliphatic heterocycles. The number of H-pyrrole nitrogens is 1. The molecule has 1 atom stereocenters. The molecule has 92 valence electrons. The molecule has 4 heteroatoms. The van der Waals surface area contributed by atoms with Gasteiger partial charge in [0.25, 0.3) is 0 Å². The van der Waals surface area contributed by atoms with Crippen molar-refractivity contribution in [1.29, 1.82) is 0 Å². The van der Waals surface area contributed by atoms with Gasteiger partial charge < -0.3 is 10.3 Å². The maximum absolute atomic E-state index is 10.9. The molecule has 2 rings (SSSR count). The highest BCUT2D eigenvalue weighted by molar-refractivity contribution is 7.84. The van der Waals surface area contributed by atoms with Gasteiger partial charge in [-0.2, -0.15) is 0 Å². The number of benzene rings is 1. The number of nitrogens with one attached hydrogen (secondary N) is 2. The van der Waals surface area contributed by atoms with Gasteiger partial charge in [0.15, 0.2) is 0 Å². The van der Waals surface area contributed by atoms with E-state index in [9.17, 15) is 4.21 Å².